The summed E-state index contributed by atoms with van der Waals surface area (Å²) in [6.07, 6.45) is 0.284. The largest absolute Gasteiger partial charge is 0.352 e. The molecule has 1 fully saturated rings. The molecule has 1 aliphatic heterocycles. The summed E-state index contributed by atoms with van der Waals surface area (Å²) in [5.41, 5.74) is -0.00984. The monoisotopic (exact) mass is 170 g/mol. The molecular weight excluding hydrogens is 167 g/mol. The van der Waals surface area contributed by atoms with E-state index < -0.39 is 0 Å². The maximum Gasteiger partial charge on any atom is 0.158 e. The Kier molecular flexibility index (Phi) is 1.37. The van der Waals surface area contributed by atoms with Crippen LogP contribution >= 0.6 is 27.5 Å². The van der Waals surface area contributed by atoms with E-state index in [-0.39, 0.29) is 11.7 Å². The summed E-state index contributed by atoms with van der Waals surface area (Å²) in [5, 5.41) is 0.862. The van der Waals surface area contributed by atoms with Crippen LogP contribution in [0.1, 0.15) is 0 Å². The summed E-state index contributed by atoms with van der Waals surface area (Å²) in [6.45, 7) is 0. The van der Waals surface area contributed by atoms with Gasteiger partial charge in [0.05, 0.1) is 0 Å². The first-order valence-corrected chi connectivity index (χ1v) is 3.26. The fourth-order valence-electron chi connectivity index (χ4n) is 0.228. The minimum absolute atomic E-state index is 0.00984. The van der Waals surface area contributed by atoms with Crippen LogP contribution in [0.15, 0.2) is 0 Å². The van der Waals surface area contributed by atoms with Gasteiger partial charge in [-0.05, 0) is 0 Å². The van der Waals surface area contributed by atoms with Gasteiger partial charge in [-0.1, -0.05) is 27.5 Å². The molecule has 36 valence electrons. The molecule has 1 rings (SSSR count). The van der Waals surface area contributed by atoms with Gasteiger partial charge < -0.3 is 4.74 Å². The van der Waals surface area contributed by atoms with Crippen molar-refractivity contribution < 1.29 is 4.74 Å². The molecule has 3 heteroatoms. The van der Waals surface area contributed by atoms with Crippen molar-refractivity contribution in [2.24, 2.45) is 0 Å². The zero-order chi connectivity index (χ0) is 4.57. The third kappa shape index (κ3) is 0.863. The van der Waals surface area contributed by atoms with Crippen LogP contribution < -0.4 is 0 Å². The third-order valence-corrected chi connectivity index (χ3v) is 1.69. The van der Waals surface area contributed by atoms with Crippen molar-refractivity contribution in [3.8, 4) is 0 Å². The fourth-order valence-corrected chi connectivity index (χ4v) is 1.16. The highest BCUT2D eigenvalue weighted by Crippen LogP contribution is 2.26. The van der Waals surface area contributed by atoms with E-state index in [0.29, 0.717) is 0 Å². The number of halogens is 2. The Morgan fingerprint density at radius 2 is 2.33 bits per heavy atom. The second-order valence-corrected chi connectivity index (χ2v) is 2.26. The topological polar surface area (TPSA) is 12.5 Å². The Hall–Kier alpha value is 0.730. The third-order valence-electron chi connectivity index (χ3n) is 0.673. The quantitative estimate of drug-likeness (QED) is 0.428. The van der Waals surface area contributed by atoms with Crippen LogP contribution in [0.25, 0.3) is 0 Å². The van der Waals surface area contributed by atoms with Crippen LogP contribution in [0, 0.1) is 0 Å². The van der Waals surface area contributed by atoms with Gasteiger partial charge in [-0.25, -0.2) is 0 Å². The summed E-state index contributed by atoms with van der Waals surface area (Å²) in [6, 6.07) is 0. The van der Waals surface area contributed by atoms with Crippen molar-refractivity contribution in [1.82, 2.24) is 0 Å². The van der Waals surface area contributed by atoms with E-state index in [1.165, 1.54) is 0 Å². The van der Waals surface area contributed by atoms with E-state index in [4.69, 9.17) is 16.3 Å². The van der Waals surface area contributed by atoms with Gasteiger partial charge in [0.15, 0.2) is 5.56 Å². The molecule has 0 bridgehead atoms. The predicted octanol–water partition coefficient (Wildman–Crippen LogP) is 1.34. The van der Waals surface area contributed by atoms with Crippen LogP contribution in [0.2, 0.25) is 0 Å². The van der Waals surface area contributed by atoms with E-state index in [1.54, 1.807) is 0 Å². The van der Waals surface area contributed by atoms with Crippen molar-refractivity contribution in [1.29, 1.82) is 0 Å². The summed E-state index contributed by atoms with van der Waals surface area (Å²) in [7, 11) is 0. The average molecular weight is 171 g/mol. The van der Waals surface area contributed by atoms with Crippen LogP contribution in [0.3, 0.4) is 0 Å². The molecule has 6 heavy (non-hydrogen) atoms. The van der Waals surface area contributed by atoms with Gasteiger partial charge in [-0.15, -0.1) is 0 Å². The molecule has 1 saturated heterocycles. The Morgan fingerprint density at radius 3 is 2.33 bits per heavy atom. The molecule has 0 aromatic rings. The van der Waals surface area contributed by atoms with Gasteiger partial charge in [-0.3, -0.25) is 0 Å². The molecule has 0 radical (unpaired) electrons. The average Bonchev–Trinajstić information content (AvgIpc) is 2.19. The van der Waals surface area contributed by atoms with Crippen molar-refractivity contribution >= 4 is 27.5 Å². The van der Waals surface area contributed by atoms with Crippen molar-refractivity contribution in [3.05, 3.63) is 0 Å². The number of hydrogen-bond acceptors (Lipinski definition) is 1. The maximum absolute atomic E-state index is 5.40. The van der Waals surface area contributed by atoms with Crippen LogP contribution in [0.4, 0.5) is 0 Å². The second-order valence-electron chi connectivity index (χ2n) is 1.18. The molecule has 0 aromatic heterocycles. The van der Waals surface area contributed by atoms with Gasteiger partial charge >= 0.3 is 0 Å². The molecule has 0 N–H and O–H groups in total. The molecule has 0 aromatic carbocycles. The smallest absolute Gasteiger partial charge is 0.158 e. The highest BCUT2D eigenvalue weighted by atomic mass is 79.9. The molecule has 0 amide bonds. The number of epoxide rings is 1. The summed E-state index contributed by atoms with van der Waals surface area (Å²) in [5.74, 6) is 0. The zero-order valence-electron chi connectivity index (χ0n) is 3.03. The molecule has 0 spiro atoms. The van der Waals surface area contributed by atoms with Crippen LogP contribution in [0.5, 0.6) is 0 Å². The minimum atomic E-state index is -0.00984. The minimum Gasteiger partial charge on any atom is -0.352 e. The van der Waals surface area contributed by atoms with Crippen molar-refractivity contribution in [2.75, 3.05) is 5.33 Å². The van der Waals surface area contributed by atoms with E-state index in [1.807, 2.05) is 0 Å². The molecule has 1 aliphatic rings. The summed E-state index contributed by atoms with van der Waals surface area (Å²) < 4.78 is 4.78. The summed E-state index contributed by atoms with van der Waals surface area (Å²) in [4.78, 5) is 0. The lowest BCUT2D eigenvalue weighted by Gasteiger charge is -1.69. The number of hydrogen-bond donors (Lipinski definition) is 0. The lowest BCUT2D eigenvalue weighted by molar-refractivity contribution is 0.415. The van der Waals surface area contributed by atoms with Gasteiger partial charge in [-0.2, -0.15) is 0 Å². The Labute approximate surface area is 49.7 Å². The van der Waals surface area contributed by atoms with Crippen molar-refractivity contribution in [3.63, 3.8) is 0 Å². The van der Waals surface area contributed by atoms with E-state index in [9.17, 15) is 0 Å². The summed E-state index contributed by atoms with van der Waals surface area (Å²) >= 11 is 8.61. The molecule has 1 heterocycles. The van der Waals surface area contributed by atoms with Crippen molar-refractivity contribution in [2.45, 2.75) is 11.7 Å². The maximum atomic E-state index is 5.40. The van der Waals surface area contributed by atoms with Gasteiger partial charge in [0.1, 0.15) is 6.10 Å². The molecule has 0 saturated carbocycles. The highest BCUT2D eigenvalue weighted by molar-refractivity contribution is 9.09. The zero-order valence-corrected chi connectivity index (χ0v) is 5.37. The van der Waals surface area contributed by atoms with E-state index in [0.717, 1.165) is 5.33 Å². The normalized spacial score (nSPS) is 43.0. The first-order valence-electron chi connectivity index (χ1n) is 1.70. The lowest BCUT2D eigenvalue weighted by atomic mass is 10.6. The van der Waals surface area contributed by atoms with Crippen LogP contribution in [-0.4, -0.2) is 17.0 Å². The second kappa shape index (κ2) is 1.68. The van der Waals surface area contributed by atoms with E-state index >= 15 is 0 Å². The fraction of sp³-hybridized carbons (Fsp3) is 1.00. The Balaban J connectivity index is 2.09. The van der Waals surface area contributed by atoms with Gasteiger partial charge in [0.2, 0.25) is 0 Å². The van der Waals surface area contributed by atoms with Gasteiger partial charge in [0, 0.05) is 5.33 Å². The molecule has 0 aliphatic carbocycles. The number of ether oxygens (including phenoxy) is 1. The van der Waals surface area contributed by atoms with Crippen LogP contribution in [-0.2, 0) is 4.74 Å². The standard InChI is InChI=1S/C3H4BrClO/c4-1-2-3(5)6-2/h2-3H,1H2/t2-,3+/m0/s1. The molecule has 0 unspecified atom stereocenters. The predicted molar refractivity (Wildman–Crippen MR) is 28.3 cm³/mol. The number of alkyl halides is 2. The Morgan fingerprint density at radius 1 is 1.83 bits per heavy atom. The SMILES string of the molecule is Cl[C@@H]1O[C@H]1CBr. The first kappa shape index (κ1) is 4.88. The number of rotatable bonds is 1. The first-order chi connectivity index (χ1) is 2.84. The van der Waals surface area contributed by atoms with E-state index in [2.05, 4.69) is 15.9 Å². The molecular formula is C3H4BrClO. The Bertz CT molecular complexity index is 56.8. The van der Waals surface area contributed by atoms with Gasteiger partial charge in [0.25, 0.3) is 0 Å². The molecule has 2 atom stereocenters. The highest BCUT2D eigenvalue weighted by Gasteiger charge is 2.35. The lowest BCUT2D eigenvalue weighted by Crippen LogP contribution is -1.84. The molecule has 1 nitrogen and oxygen atoms in total.